The normalized spacial score (nSPS) is 18.5. The van der Waals surface area contributed by atoms with Gasteiger partial charge in [-0.15, -0.1) is 0 Å². The van der Waals surface area contributed by atoms with Crippen molar-refractivity contribution < 1.29 is 57.7 Å². The van der Waals surface area contributed by atoms with E-state index in [1.54, 1.807) is 0 Å². The molecule has 1 N–H and O–H groups in total. The molecule has 252 valence electrons. The molecular formula is C30H27F7N2O6SSi. The highest BCUT2D eigenvalue weighted by Gasteiger charge is 2.51. The molecule has 0 aromatic heterocycles. The fourth-order valence-electron chi connectivity index (χ4n) is 5.95. The number of aryl methyl sites for hydroxylation is 1. The lowest BCUT2D eigenvalue weighted by Crippen LogP contribution is -2.52. The van der Waals surface area contributed by atoms with Crippen molar-refractivity contribution in [2.45, 2.75) is 25.5 Å². The van der Waals surface area contributed by atoms with E-state index in [1.807, 2.05) is 0 Å². The highest BCUT2D eigenvalue weighted by atomic mass is 32.2. The van der Waals surface area contributed by atoms with Gasteiger partial charge < -0.3 is 14.2 Å². The van der Waals surface area contributed by atoms with Crippen LogP contribution in [0, 0.1) is 18.6 Å². The molecule has 1 amide bonds. The first kappa shape index (κ1) is 34.5. The Kier molecular flexibility index (Phi) is 9.06. The second kappa shape index (κ2) is 12.3. The van der Waals surface area contributed by atoms with Gasteiger partial charge in [0.15, 0.2) is 23.3 Å². The molecule has 17 heteroatoms. The van der Waals surface area contributed by atoms with E-state index in [1.165, 1.54) is 38.2 Å². The molecule has 47 heavy (non-hydrogen) atoms. The Labute approximate surface area is 265 Å². The number of Topliss-reactive ketones (excluding diaryl/α,β-unsaturated/α-hetero) is 1. The van der Waals surface area contributed by atoms with E-state index in [0.29, 0.717) is 57.1 Å². The van der Waals surface area contributed by atoms with Crippen LogP contribution in [-0.4, -0.2) is 78.0 Å². The van der Waals surface area contributed by atoms with Gasteiger partial charge >= 0.3 is 15.6 Å². The summed E-state index contributed by atoms with van der Waals surface area (Å²) < 4.78 is 134. The van der Waals surface area contributed by atoms with Gasteiger partial charge in [0.1, 0.15) is 8.07 Å². The standard InChI is InChI=1S/C30H27F7N2O6SSi/c1-15-12-16(29(41)38-6-7-39-8-10-44-11-9-39)4-5-17(15)22-18-13-20(31)25(40)23(33)27(18)47(2,3)28-19(22)14-21(32)26(24(28)34)45-46(42,43)30(35,36)37/h4-5,12-14H,6-11H2,1-3H3,(H,38,41). The third kappa shape index (κ3) is 6.16. The monoisotopic (exact) mass is 704 g/mol. The number of fused-ring (bicyclic) bond motifs is 2. The highest BCUT2D eigenvalue weighted by molar-refractivity contribution is 7.88. The number of carbonyl (C=O) groups is 2. The fraction of sp³-hybridized carbons (Fsp3) is 0.333. The number of ketones is 1. The van der Waals surface area contributed by atoms with Crippen LogP contribution in [0.2, 0.25) is 13.1 Å². The molecule has 2 aromatic carbocycles. The first-order valence-electron chi connectivity index (χ1n) is 14.2. The third-order valence-corrected chi connectivity index (χ3v) is 12.6. The second-order valence-electron chi connectivity index (χ2n) is 11.6. The van der Waals surface area contributed by atoms with Crippen molar-refractivity contribution in [3.63, 3.8) is 0 Å². The molecule has 0 atom stereocenters. The number of morpholine rings is 1. The van der Waals surface area contributed by atoms with Gasteiger partial charge in [-0.05, 0) is 69.4 Å². The number of halogens is 7. The van der Waals surface area contributed by atoms with Crippen molar-refractivity contribution in [2.24, 2.45) is 0 Å². The predicted octanol–water partition coefficient (Wildman–Crippen LogP) is 4.49. The van der Waals surface area contributed by atoms with E-state index < -0.39 is 74.8 Å². The number of amides is 1. The molecule has 0 bridgehead atoms. The van der Waals surface area contributed by atoms with Gasteiger partial charge in [-0.2, -0.15) is 21.6 Å². The summed E-state index contributed by atoms with van der Waals surface area (Å²) in [5.41, 5.74) is -6.20. The lowest BCUT2D eigenvalue weighted by atomic mass is 9.86. The summed E-state index contributed by atoms with van der Waals surface area (Å²) in [5, 5.41) is 1.77. The Bertz CT molecular complexity index is 1900. The quantitative estimate of drug-likeness (QED) is 0.196. The molecule has 2 aromatic rings. The number of ether oxygens (including phenoxy) is 1. The maximum absolute atomic E-state index is 16.1. The zero-order valence-corrected chi connectivity index (χ0v) is 26.9. The van der Waals surface area contributed by atoms with Crippen molar-refractivity contribution >= 4 is 40.6 Å². The topological polar surface area (TPSA) is 102 Å². The van der Waals surface area contributed by atoms with Gasteiger partial charge in [0.25, 0.3) is 5.91 Å². The highest BCUT2D eigenvalue weighted by Crippen LogP contribution is 2.47. The van der Waals surface area contributed by atoms with Crippen LogP contribution >= 0.6 is 0 Å². The molecule has 0 saturated carbocycles. The summed E-state index contributed by atoms with van der Waals surface area (Å²) in [5.74, 6) is -10.8. The molecule has 8 nitrogen and oxygen atoms in total. The minimum Gasteiger partial charge on any atom is -0.379 e. The van der Waals surface area contributed by atoms with Crippen molar-refractivity contribution in [3.8, 4) is 5.75 Å². The molecule has 0 unspecified atom stereocenters. The Hall–Kier alpha value is -3.80. The van der Waals surface area contributed by atoms with Gasteiger partial charge in [0, 0.05) is 31.7 Å². The average molecular weight is 705 g/mol. The van der Waals surface area contributed by atoms with Crippen LogP contribution in [-0.2, 0) is 19.6 Å². The summed E-state index contributed by atoms with van der Waals surface area (Å²) in [6.45, 7) is 7.56. The van der Waals surface area contributed by atoms with Crippen molar-refractivity contribution in [1.29, 1.82) is 0 Å². The Balaban J connectivity index is 1.64. The number of benzene rings is 2. The van der Waals surface area contributed by atoms with Gasteiger partial charge in [0.05, 0.1) is 13.2 Å². The summed E-state index contributed by atoms with van der Waals surface area (Å²) in [6.07, 6.45) is 0.716. The molecule has 1 saturated heterocycles. The minimum atomic E-state index is -6.53. The number of rotatable bonds is 7. The minimum absolute atomic E-state index is 0.120. The summed E-state index contributed by atoms with van der Waals surface area (Å²) >= 11 is 0. The molecule has 1 fully saturated rings. The smallest absolute Gasteiger partial charge is 0.379 e. The number of hydrogen-bond donors (Lipinski definition) is 1. The number of carbonyl (C=O) groups excluding carboxylic acids is 2. The van der Waals surface area contributed by atoms with E-state index in [0.717, 1.165) is 0 Å². The first-order chi connectivity index (χ1) is 21.9. The Morgan fingerprint density at radius 3 is 2.34 bits per heavy atom. The van der Waals surface area contributed by atoms with Gasteiger partial charge in [0.2, 0.25) is 11.5 Å². The Morgan fingerprint density at radius 1 is 1.06 bits per heavy atom. The van der Waals surface area contributed by atoms with E-state index in [-0.39, 0.29) is 27.8 Å². The van der Waals surface area contributed by atoms with Gasteiger partial charge in [-0.3, -0.25) is 14.5 Å². The zero-order valence-electron chi connectivity index (χ0n) is 25.1. The fourth-order valence-corrected chi connectivity index (χ4v) is 9.73. The SMILES string of the molecule is Cc1cc(C(=O)NCCN2CCOCC2)ccc1C1=C2C=C(F)C(=O)C(F)=C2[Si](C)(C)c2c1cc(F)c(OS(=O)(=O)C(F)(F)F)c2F. The molecule has 2 aliphatic heterocycles. The maximum atomic E-state index is 16.1. The summed E-state index contributed by atoms with van der Waals surface area (Å²) in [4.78, 5) is 27.4. The van der Waals surface area contributed by atoms with Crippen LogP contribution in [0.1, 0.15) is 27.0 Å². The molecule has 3 aliphatic rings. The van der Waals surface area contributed by atoms with Crippen LogP contribution in [0.3, 0.4) is 0 Å². The molecular weight excluding hydrogens is 677 g/mol. The van der Waals surface area contributed by atoms with E-state index in [9.17, 15) is 35.6 Å². The average Bonchev–Trinajstić information content (AvgIpc) is 2.98. The van der Waals surface area contributed by atoms with Crippen LogP contribution in [0.15, 0.2) is 52.8 Å². The van der Waals surface area contributed by atoms with Crippen LogP contribution < -0.4 is 14.7 Å². The van der Waals surface area contributed by atoms with E-state index in [2.05, 4.69) is 14.4 Å². The lowest BCUT2D eigenvalue weighted by Gasteiger charge is -2.38. The number of allylic oxidation sites excluding steroid dienone is 5. The molecule has 2 heterocycles. The molecule has 0 spiro atoms. The van der Waals surface area contributed by atoms with E-state index >= 15 is 13.2 Å². The lowest BCUT2D eigenvalue weighted by molar-refractivity contribution is -0.115. The molecule has 0 radical (unpaired) electrons. The van der Waals surface area contributed by atoms with Crippen molar-refractivity contribution in [3.05, 3.63) is 86.7 Å². The van der Waals surface area contributed by atoms with Crippen molar-refractivity contribution in [1.82, 2.24) is 10.2 Å². The van der Waals surface area contributed by atoms with Gasteiger partial charge in [-0.25, -0.2) is 17.6 Å². The third-order valence-electron chi connectivity index (χ3n) is 8.19. The van der Waals surface area contributed by atoms with Crippen LogP contribution in [0.4, 0.5) is 30.7 Å². The van der Waals surface area contributed by atoms with Crippen LogP contribution in [0.25, 0.3) is 5.57 Å². The van der Waals surface area contributed by atoms with Crippen LogP contribution in [0.5, 0.6) is 5.75 Å². The number of nitrogens with one attached hydrogen (secondary N) is 1. The van der Waals surface area contributed by atoms with E-state index in [4.69, 9.17) is 4.74 Å². The number of alkyl halides is 3. The second-order valence-corrected chi connectivity index (χ2v) is 17.4. The van der Waals surface area contributed by atoms with Crippen molar-refractivity contribution in [2.75, 3.05) is 39.4 Å². The summed E-state index contributed by atoms with van der Waals surface area (Å²) in [7, 11) is -10.5. The summed E-state index contributed by atoms with van der Waals surface area (Å²) in [6, 6.07) is 4.69. The Morgan fingerprint density at radius 2 is 1.72 bits per heavy atom. The number of nitrogens with zero attached hydrogens (tertiary/aromatic N) is 1. The maximum Gasteiger partial charge on any atom is 0.534 e. The first-order valence-corrected chi connectivity index (χ1v) is 18.6. The largest absolute Gasteiger partial charge is 0.534 e. The number of hydrogen-bond acceptors (Lipinski definition) is 7. The molecule has 5 rings (SSSR count). The zero-order chi connectivity index (χ0) is 34.6. The predicted molar refractivity (Wildman–Crippen MR) is 158 cm³/mol. The molecule has 1 aliphatic carbocycles. The van der Waals surface area contributed by atoms with Gasteiger partial charge in [-0.1, -0.05) is 19.2 Å².